The van der Waals surface area contributed by atoms with Crippen LogP contribution in [0.2, 0.25) is 0 Å². The molecular formula is C8H10N2O2S. The van der Waals surface area contributed by atoms with Crippen molar-refractivity contribution in [2.24, 2.45) is 0 Å². The van der Waals surface area contributed by atoms with E-state index in [2.05, 4.69) is 4.98 Å². The van der Waals surface area contributed by atoms with Crippen LogP contribution in [0.5, 0.6) is 0 Å². The van der Waals surface area contributed by atoms with Crippen LogP contribution in [0.15, 0.2) is 23.4 Å². The molecule has 0 aliphatic heterocycles. The summed E-state index contributed by atoms with van der Waals surface area (Å²) < 4.78 is 0. The molecule has 1 heterocycles. The largest absolute Gasteiger partial charge is 0.300 e. The van der Waals surface area contributed by atoms with Crippen molar-refractivity contribution >= 4 is 17.4 Å². The van der Waals surface area contributed by atoms with Crippen LogP contribution in [0.3, 0.4) is 0 Å². The quantitative estimate of drug-likeness (QED) is 0.423. The van der Waals surface area contributed by atoms with Crippen LogP contribution in [-0.2, 0) is 0 Å². The molecule has 0 aliphatic carbocycles. The molecule has 0 radical (unpaired) electrons. The first-order chi connectivity index (χ1) is 6.25. The van der Waals surface area contributed by atoms with Gasteiger partial charge in [0.25, 0.3) is 0 Å². The molecule has 13 heavy (non-hydrogen) atoms. The first-order valence-corrected chi connectivity index (χ1v) is 4.95. The first-order valence-electron chi connectivity index (χ1n) is 3.97. The molecule has 0 saturated heterocycles. The van der Waals surface area contributed by atoms with Gasteiger partial charge in [-0.05, 0) is 18.2 Å². The molecule has 0 atom stereocenters. The number of pyridine rings is 1. The summed E-state index contributed by atoms with van der Waals surface area (Å²) in [5.41, 5.74) is 0.0981. The molecule has 1 rings (SSSR count). The van der Waals surface area contributed by atoms with Gasteiger partial charge in [-0.1, -0.05) is 6.92 Å². The van der Waals surface area contributed by atoms with Crippen LogP contribution in [-0.4, -0.2) is 15.7 Å². The zero-order valence-corrected chi connectivity index (χ0v) is 8.08. The molecule has 0 unspecified atom stereocenters. The Kier molecular flexibility index (Phi) is 3.70. The molecule has 1 aromatic heterocycles. The zero-order chi connectivity index (χ0) is 9.68. The van der Waals surface area contributed by atoms with Crippen molar-refractivity contribution in [3.63, 3.8) is 0 Å². The number of aromatic nitrogens is 1. The van der Waals surface area contributed by atoms with Gasteiger partial charge in [-0.15, -0.1) is 11.8 Å². The van der Waals surface area contributed by atoms with E-state index >= 15 is 0 Å². The summed E-state index contributed by atoms with van der Waals surface area (Å²) >= 11 is 1.49. The monoisotopic (exact) mass is 198 g/mol. The number of rotatable bonds is 4. The van der Waals surface area contributed by atoms with E-state index in [1.165, 1.54) is 18.0 Å². The van der Waals surface area contributed by atoms with Gasteiger partial charge in [0.1, 0.15) is 6.20 Å². The summed E-state index contributed by atoms with van der Waals surface area (Å²) in [6.45, 7) is 2.04. The lowest BCUT2D eigenvalue weighted by atomic mass is 10.4. The predicted octanol–water partition coefficient (Wildman–Crippen LogP) is 2.49. The summed E-state index contributed by atoms with van der Waals surface area (Å²) in [5.74, 6) is 0.894. The third-order valence-electron chi connectivity index (χ3n) is 1.42. The van der Waals surface area contributed by atoms with Gasteiger partial charge in [0, 0.05) is 6.20 Å². The fourth-order valence-corrected chi connectivity index (χ4v) is 1.70. The molecule has 0 amide bonds. The lowest BCUT2D eigenvalue weighted by Gasteiger charge is -1.99. The summed E-state index contributed by atoms with van der Waals surface area (Å²) in [6, 6.07) is 1.68. The molecule has 70 valence electrons. The van der Waals surface area contributed by atoms with E-state index in [1.807, 2.05) is 6.92 Å². The Labute approximate surface area is 80.5 Å². The summed E-state index contributed by atoms with van der Waals surface area (Å²) in [4.78, 5) is 14.6. The Bertz CT molecular complexity index is 304. The number of nitrogens with zero attached hydrogens (tertiary/aromatic N) is 2. The minimum atomic E-state index is -0.398. The molecule has 4 nitrogen and oxygen atoms in total. The van der Waals surface area contributed by atoms with Crippen molar-refractivity contribution in [2.75, 3.05) is 5.75 Å². The standard InChI is InChI=1S/C8H10N2O2S/c1-2-5-13-8-3-4-9-6-7(8)10(11)12/h3-4,6H,2,5H2,1H3. The van der Waals surface area contributed by atoms with E-state index in [4.69, 9.17) is 0 Å². The van der Waals surface area contributed by atoms with Crippen molar-refractivity contribution in [3.05, 3.63) is 28.6 Å². The van der Waals surface area contributed by atoms with Crippen molar-refractivity contribution in [1.82, 2.24) is 4.98 Å². The van der Waals surface area contributed by atoms with Crippen molar-refractivity contribution in [3.8, 4) is 0 Å². The predicted molar refractivity (Wildman–Crippen MR) is 51.9 cm³/mol. The third-order valence-corrected chi connectivity index (χ3v) is 2.69. The highest BCUT2D eigenvalue weighted by atomic mass is 32.2. The van der Waals surface area contributed by atoms with Crippen molar-refractivity contribution in [1.29, 1.82) is 0 Å². The van der Waals surface area contributed by atoms with E-state index in [-0.39, 0.29) is 5.69 Å². The van der Waals surface area contributed by atoms with E-state index in [9.17, 15) is 10.1 Å². The van der Waals surface area contributed by atoms with Crippen LogP contribution in [0, 0.1) is 10.1 Å². The van der Waals surface area contributed by atoms with Gasteiger partial charge in [0.05, 0.1) is 9.82 Å². The number of hydrogen-bond acceptors (Lipinski definition) is 4. The molecule has 0 spiro atoms. The van der Waals surface area contributed by atoms with Gasteiger partial charge in [-0.3, -0.25) is 15.1 Å². The van der Waals surface area contributed by atoms with Gasteiger partial charge >= 0.3 is 5.69 Å². The Balaban J connectivity index is 2.84. The van der Waals surface area contributed by atoms with Gasteiger partial charge in [-0.25, -0.2) is 0 Å². The fourth-order valence-electron chi connectivity index (χ4n) is 0.845. The van der Waals surface area contributed by atoms with Crippen molar-refractivity contribution < 1.29 is 4.92 Å². The molecule has 0 aliphatic rings. The van der Waals surface area contributed by atoms with Gasteiger partial charge in [0.15, 0.2) is 0 Å². The second-order valence-corrected chi connectivity index (χ2v) is 3.59. The second kappa shape index (κ2) is 4.81. The van der Waals surface area contributed by atoms with Gasteiger partial charge < -0.3 is 0 Å². The van der Waals surface area contributed by atoms with Crippen LogP contribution < -0.4 is 0 Å². The van der Waals surface area contributed by atoms with E-state index in [0.717, 1.165) is 12.2 Å². The molecule has 0 bridgehead atoms. The van der Waals surface area contributed by atoms with Gasteiger partial charge in [-0.2, -0.15) is 0 Å². The topological polar surface area (TPSA) is 56.0 Å². The summed E-state index contributed by atoms with van der Waals surface area (Å²) in [5, 5.41) is 10.5. The minimum absolute atomic E-state index is 0.0981. The van der Waals surface area contributed by atoms with E-state index < -0.39 is 4.92 Å². The summed E-state index contributed by atoms with van der Waals surface area (Å²) in [6.07, 6.45) is 3.87. The Morgan fingerprint density at radius 3 is 3.08 bits per heavy atom. The van der Waals surface area contributed by atoms with E-state index in [0.29, 0.717) is 4.90 Å². The SMILES string of the molecule is CCCSc1ccncc1[N+](=O)[O-]. The lowest BCUT2D eigenvalue weighted by molar-refractivity contribution is -0.388. The fraction of sp³-hybridized carbons (Fsp3) is 0.375. The maximum absolute atomic E-state index is 10.5. The Morgan fingerprint density at radius 1 is 1.69 bits per heavy atom. The average molecular weight is 198 g/mol. The van der Waals surface area contributed by atoms with Crippen LogP contribution in [0.4, 0.5) is 5.69 Å². The highest BCUT2D eigenvalue weighted by Crippen LogP contribution is 2.27. The summed E-state index contributed by atoms with van der Waals surface area (Å²) in [7, 11) is 0. The zero-order valence-electron chi connectivity index (χ0n) is 7.27. The molecule has 0 fully saturated rings. The Hall–Kier alpha value is -1.10. The molecule has 0 aromatic carbocycles. The molecule has 0 N–H and O–H groups in total. The molecule has 1 aromatic rings. The highest BCUT2D eigenvalue weighted by molar-refractivity contribution is 7.99. The molecular weight excluding hydrogens is 188 g/mol. The lowest BCUT2D eigenvalue weighted by Crippen LogP contribution is -1.91. The van der Waals surface area contributed by atoms with Crippen LogP contribution >= 0.6 is 11.8 Å². The molecule has 5 heteroatoms. The number of hydrogen-bond donors (Lipinski definition) is 0. The smallest absolute Gasteiger partial charge is 0.258 e. The number of thioether (sulfide) groups is 1. The normalized spacial score (nSPS) is 9.92. The molecule has 0 saturated carbocycles. The maximum atomic E-state index is 10.5. The van der Waals surface area contributed by atoms with Crippen LogP contribution in [0.25, 0.3) is 0 Å². The van der Waals surface area contributed by atoms with E-state index in [1.54, 1.807) is 12.3 Å². The van der Waals surface area contributed by atoms with Gasteiger partial charge in [0.2, 0.25) is 0 Å². The van der Waals surface area contributed by atoms with Crippen LogP contribution in [0.1, 0.15) is 13.3 Å². The average Bonchev–Trinajstić information content (AvgIpc) is 2.15. The second-order valence-electron chi connectivity index (χ2n) is 2.45. The number of nitro groups is 1. The third kappa shape index (κ3) is 2.69. The van der Waals surface area contributed by atoms with Crippen molar-refractivity contribution in [2.45, 2.75) is 18.2 Å². The minimum Gasteiger partial charge on any atom is -0.258 e. The maximum Gasteiger partial charge on any atom is 0.300 e. The highest BCUT2D eigenvalue weighted by Gasteiger charge is 2.12. The Morgan fingerprint density at radius 2 is 2.46 bits per heavy atom. The first kappa shape index (κ1) is 9.98.